The Labute approximate surface area is 176 Å². The van der Waals surface area contributed by atoms with Crippen LogP contribution in [-0.4, -0.2) is 62.6 Å². The van der Waals surface area contributed by atoms with Gasteiger partial charge in [0.25, 0.3) is 0 Å². The highest BCUT2D eigenvalue weighted by Gasteiger charge is 2.19. The second kappa shape index (κ2) is 12.4. The summed E-state index contributed by atoms with van der Waals surface area (Å²) in [5, 5.41) is 3.45. The van der Waals surface area contributed by atoms with Gasteiger partial charge in [-0.1, -0.05) is 25.1 Å². The van der Waals surface area contributed by atoms with E-state index in [0.717, 1.165) is 49.4 Å². The van der Waals surface area contributed by atoms with Gasteiger partial charge in [0, 0.05) is 31.7 Å². The Hall–Kier alpha value is -1.02. The van der Waals surface area contributed by atoms with Crippen molar-refractivity contribution in [3.8, 4) is 5.75 Å². The molecule has 5 nitrogen and oxygen atoms in total. The molecule has 0 aliphatic carbocycles. The van der Waals surface area contributed by atoms with Crippen LogP contribution < -0.4 is 10.1 Å². The van der Waals surface area contributed by atoms with E-state index in [1.165, 1.54) is 12.8 Å². The van der Waals surface area contributed by atoms with Gasteiger partial charge in [0.15, 0.2) is 5.96 Å². The molecule has 1 fully saturated rings. The quantitative estimate of drug-likeness (QED) is 0.374. The number of rotatable bonds is 7. The predicted octanol–water partition coefficient (Wildman–Crippen LogP) is 3.44. The van der Waals surface area contributed by atoms with E-state index in [4.69, 9.17) is 9.73 Å². The summed E-state index contributed by atoms with van der Waals surface area (Å²) in [4.78, 5) is 9.41. The lowest BCUT2D eigenvalue weighted by molar-refractivity contribution is 0.259. The summed E-state index contributed by atoms with van der Waals surface area (Å²) in [5.74, 6) is 2.70. The Balaban J connectivity index is 0.00000338. The first-order valence-corrected chi connectivity index (χ1v) is 9.48. The Morgan fingerprint density at radius 3 is 2.81 bits per heavy atom. The summed E-state index contributed by atoms with van der Waals surface area (Å²) in [7, 11) is 4.11. The van der Waals surface area contributed by atoms with Gasteiger partial charge >= 0.3 is 0 Å². The lowest BCUT2D eigenvalue weighted by Crippen LogP contribution is -2.46. The fourth-order valence-electron chi connectivity index (χ4n) is 3.08. The SMILES string of the molecule is CCNC(=NCc1ccccc1OCCN(C)C)N1CCCC(C)C1.I. The number of guanidine groups is 1. The van der Waals surface area contributed by atoms with E-state index in [9.17, 15) is 0 Å². The minimum Gasteiger partial charge on any atom is -0.492 e. The highest BCUT2D eigenvalue weighted by Crippen LogP contribution is 2.20. The van der Waals surface area contributed by atoms with Crippen LogP contribution in [0.1, 0.15) is 32.3 Å². The van der Waals surface area contributed by atoms with Gasteiger partial charge in [-0.3, -0.25) is 0 Å². The monoisotopic (exact) mass is 474 g/mol. The molecule has 1 aliphatic heterocycles. The van der Waals surface area contributed by atoms with Gasteiger partial charge in [-0.25, -0.2) is 4.99 Å². The van der Waals surface area contributed by atoms with Crippen LogP contribution in [-0.2, 0) is 6.54 Å². The first kappa shape index (κ1) is 23.0. The van der Waals surface area contributed by atoms with Gasteiger partial charge in [-0.2, -0.15) is 0 Å². The van der Waals surface area contributed by atoms with Crippen LogP contribution in [0.3, 0.4) is 0 Å². The summed E-state index contributed by atoms with van der Waals surface area (Å²) in [6, 6.07) is 8.22. The van der Waals surface area contributed by atoms with Crippen LogP contribution in [0.25, 0.3) is 0 Å². The highest BCUT2D eigenvalue weighted by molar-refractivity contribution is 14.0. The molecule has 2 rings (SSSR count). The smallest absolute Gasteiger partial charge is 0.194 e. The normalized spacial score (nSPS) is 17.8. The van der Waals surface area contributed by atoms with E-state index >= 15 is 0 Å². The number of benzene rings is 1. The van der Waals surface area contributed by atoms with E-state index in [-0.39, 0.29) is 24.0 Å². The molecule has 0 spiro atoms. The van der Waals surface area contributed by atoms with Gasteiger partial charge in [0.05, 0.1) is 6.54 Å². The molecule has 1 aromatic carbocycles. The maximum atomic E-state index is 5.96. The number of ether oxygens (including phenoxy) is 1. The molecule has 0 bridgehead atoms. The first-order valence-electron chi connectivity index (χ1n) is 9.48. The van der Waals surface area contributed by atoms with Crippen LogP contribution in [0.5, 0.6) is 5.75 Å². The molecule has 1 aliphatic rings. The minimum atomic E-state index is 0. The van der Waals surface area contributed by atoms with Crippen LogP contribution in [0, 0.1) is 5.92 Å². The topological polar surface area (TPSA) is 40.1 Å². The first-order chi connectivity index (χ1) is 12.1. The standard InChI is InChI=1S/C20H34N4O.HI/c1-5-21-20(24-12-8-9-17(2)16-24)22-15-18-10-6-7-11-19(18)25-14-13-23(3)4;/h6-7,10-11,17H,5,8-9,12-16H2,1-4H3,(H,21,22);1H. The number of halogens is 1. The molecular formula is C20H35IN4O. The average Bonchev–Trinajstić information content (AvgIpc) is 2.59. The van der Waals surface area contributed by atoms with Crippen molar-refractivity contribution >= 4 is 29.9 Å². The summed E-state index contributed by atoms with van der Waals surface area (Å²) in [5.41, 5.74) is 1.14. The van der Waals surface area contributed by atoms with E-state index in [2.05, 4.69) is 55.2 Å². The number of aliphatic imine (C=N–C) groups is 1. The molecule has 1 atom stereocenters. The number of piperidine rings is 1. The Bertz CT molecular complexity index is 550. The van der Waals surface area contributed by atoms with Gasteiger partial charge in [0.2, 0.25) is 0 Å². The lowest BCUT2D eigenvalue weighted by atomic mass is 10.0. The maximum Gasteiger partial charge on any atom is 0.194 e. The largest absolute Gasteiger partial charge is 0.492 e. The minimum absolute atomic E-state index is 0. The summed E-state index contributed by atoms with van der Waals surface area (Å²) >= 11 is 0. The Morgan fingerprint density at radius 1 is 1.35 bits per heavy atom. The molecule has 0 amide bonds. The number of nitrogens with one attached hydrogen (secondary N) is 1. The zero-order chi connectivity index (χ0) is 18.1. The fourth-order valence-corrected chi connectivity index (χ4v) is 3.08. The molecule has 26 heavy (non-hydrogen) atoms. The number of hydrogen-bond donors (Lipinski definition) is 1. The van der Waals surface area contributed by atoms with Gasteiger partial charge in [-0.15, -0.1) is 24.0 Å². The third-order valence-electron chi connectivity index (χ3n) is 4.46. The predicted molar refractivity (Wildman–Crippen MR) is 121 cm³/mol. The van der Waals surface area contributed by atoms with Gasteiger partial charge in [0.1, 0.15) is 12.4 Å². The zero-order valence-corrected chi connectivity index (χ0v) is 19.0. The zero-order valence-electron chi connectivity index (χ0n) is 16.7. The van der Waals surface area contributed by atoms with Crippen LogP contribution in [0.4, 0.5) is 0 Å². The molecule has 148 valence electrons. The van der Waals surface area contributed by atoms with Crippen molar-refractivity contribution in [3.05, 3.63) is 29.8 Å². The summed E-state index contributed by atoms with van der Waals surface area (Å²) in [6.45, 7) is 9.77. The molecule has 1 heterocycles. The van der Waals surface area contributed by atoms with Gasteiger partial charge < -0.3 is 19.9 Å². The van der Waals surface area contributed by atoms with Crippen molar-refractivity contribution in [2.75, 3.05) is 46.9 Å². The second-order valence-corrected chi connectivity index (χ2v) is 7.12. The third-order valence-corrected chi connectivity index (χ3v) is 4.46. The molecule has 6 heteroatoms. The van der Waals surface area contributed by atoms with Crippen LogP contribution in [0.15, 0.2) is 29.3 Å². The molecule has 1 N–H and O–H groups in total. The van der Waals surface area contributed by atoms with Crippen molar-refractivity contribution in [2.45, 2.75) is 33.2 Å². The number of likely N-dealkylation sites (tertiary alicyclic amines) is 1. The molecule has 1 saturated heterocycles. The second-order valence-electron chi connectivity index (χ2n) is 7.12. The Morgan fingerprint density at radius 2 is 2.12 bits per heavy atom. The molecule has 0 radical (unpaired) electrons. The fraction of sp³-hybridized carbons (Fsp3) is 0.650. The van der Waals surface area contributed by atoms with Crippen molar-refractivity contribution in [1.29, 1.82) is 0 Å². The van der Waals surface area contributed by atoms with Crippen molar-refractivity contribution < 1.29 is 4.74 Å². The van der Waals surface area contributed by atoms with Crippen molar-refractivity contribution in [1.82, 2.24) is 15.1 Å². The Kier molecular flexibility index (Phi) is 11.0. The number of hydrogen-bond acceptors (Lipinski definition) is 3. The molecule has 0 aromatic heterocycles. The average molecular weight is 474 g/mol. The molecule has 1 unspecified atom stereocenters. The van der Waals surface area contributed by atoms with E-state index in [1.54, 1.807) is 0 Å². The maximum absolute atomic E-state index is 5.96. The summed E-state index contributed by atoms with van der Waals surface area (Å²) < 4.78 is 5.96. The van der Waals surface area contributed by atoms with Crippen LogP contribution >= 0.6 is 24.0 Å². The molecular weight excluding hydrogens is 439 g/mol. The molecule has 0 saturated carbocycles. The van der Waals surface area contributed by atoms with Crippen LogP contribution in [0.2, 0.25) is 0 Å². The van der Waals surface area contributed by atoms with E-state index < -0.39 is 0 Å². The van der Waals surface area contributed by atoms with E-state index in [0.29, 0.717) is 13.2 Å². The number of nitrogens with zero attached hydrogens (tertiary/aromatic N) is 3. The number of likely N-dealkylation sites (N-methyl/N-ethyl adjacent to an activating group) is 1. The lowest BCUT2D eigenvalue weighted by Gasteiger charge is -2.33. The van der Waals surface area contributed by atoms with E-state index in [1.807, 2.05) is 12.1 Å². The van der Waals surface area contributed by atoms with Gasteiger partial charge in [-0.05, 0) is 45.8 Å². The molecule has 1 aromatic rings. The summed E-state index contributed by atoms with van der Waals surface area (Å²) in [6.07, 6.45) is 2.56. The third kappa shape index (κ3) is 7.70. The van der Waals surface area contributed by atoms with Crippen molar-refractivity contribution in [3.63, 3.8) is 0 Å². The highest BCUT2D eigenvalue weighted by atomic mass is 127. The van der Waals surface area contributed by atoms with Crippen molar-refractivity contribution in [2.24, 2.45) is 10.9 Å². The number of para-hydroxylation sites is 1.